The zero-order chi connectivity index (χ0) is 15.9. The minimum absolute atomic E-state index is 0.125. The summed E-state index contributed by atoms with van der Waals surface area (Å²) in [5, 5.41) is 2.75. The number of amides is 2. The zero-order valence-corrected chi connectivity index (χ0v) is 12.6. The topological polar surface area (TPSA) is 75.7 Å². The molecule has 1 aromatic rings. The minimum atomic E-state index is -0.283. The third-order valence-corrected chi connectivity index (χ3v) is 3.59. The van der Waals surface area contributed by atoms with E-state index in [9.17, 15) is 14.4 Å². The van der Waals surface area contributed by atoms with Crippen molar-refractivity contribution in [2.24, 2.45) is 0 Å². The van der Waals surface area contributed by atoms with Crippen LogP contribution in [-0.4, -0.2) is 38.0 Å². The highest BCUT2D eigenvalue weighted by Crippen LogP contribution is 2.21. The summed E-state index contributed by atoms with van der Waals surface area (Å²) in [7, 11) is 1.34. The van der Waals surface area contributed by atoms with Crippen molar-refractivity contribution in [2.45, 2.75) is 25.7 Å². The lowest BCUT2D eigenvalue weighted by Crippen LogP contribution is -2.26. The SMILES string of the molecule is COC(=O)CCCNC(=O)c1ccc(N2CCCC2=O)cc1. The lowest BCUT2D eigenvalue weighted by molar-refractivity contribution is -0.140. The minimum Gasteiger partial charge on any atom is -0.469 e. The van der Waals surface area contributed by atoms with Gasteiger partial charge in [-0.25, -0.2) is 0 Å². The van der Waals surface area contributed by atoms with Gasteiger partial charge in [-0.3, -0.25) is 14.4 Å². The van der Waals surface area contributed by atoms with E-state index in [-0.39, 0.29) is 24.2 Å². The number of methoxy groups -OCH3 is 1. The number of carbonyl (C=O) groups is 3. The highest BCUT2D eigenvalue weighted by molar-refractivity contribution is 5.97. The van der Waals surface area contributed by atoms with Crippen LogP contribution in [0.5, 0.6) is 0 Å². The quantitative estimate of drug-likeness (QED) is 0.638. The zero-order valence-electron chi connectivity index (χ0n) is 12.6. The Labute approximate surface area is 129 Å². The number of anilines is 1. The van der Waals surface area contributed by atoms with Gasteiger partial charge in [-0.1, -0.05) is 0 Å². The predicted molar refractivity (Wildman–Crippen MR) is 81.6 cm³/mol. The second-order valence-corrected chi connectivity index (χ2v) is 5.13. The van der Waals surface area contributed by atoms with Crippen molar-refractivity contribution < 1.29 is 19.1 Å². The molecule has 0 radical (unpaired) electrons. The van der Waals surface area contributed by atoms with Crippen LogP contribution in [0.1, 0.15) is 36.0 Å². The Hall–Kier alpha value is -2.37. The number of carbonyl (C=O) groups excluding carboxylic acids is 3. The average molecular weight is 304 g/mol. The van der Waals surface area contributed by atoms with E-state index in [2.05, 4.69) is 10.1 Å². The number of benzene rings is 1. The molecule has 1 aliphatic rings. The van der Waals surface area contributed by atoms with Crippen LogP contribution in [0.3, 0.4) is 0 Å². The van der Waals surface area contributed by atoms with Gasteiger partial charge in [0.15, 0.2) is 0 Å². The van der Waals surface area contributed by atoms with E-state index in [1.54, 1.807) is 29.2 Å². The number of esters is 1. The van der Waals surface area contributed by atoms with E-state index < -0.39 is 0 Å². The number of rotatable bonds is 6. The van der Waals surface area contributed by atoms with Gasteiger partial charge in [0.1, 0.15) is 0 Å². The highest BCUT2D eigenvalue weighted by Gasteiger charge is 2.21. The first-order valence-corrected chi connectivity index (χ1v) is 7.37. The number of hydrogen-bond donors (Lipinski definition) is 1. The van der Waals surface area contributed by atoms with Crippen LogP contribution in [0.25, 0.3) is 0 Å². The fourth-order valence-corrected chi connectivity index (χ4v) is 2.35. The van der Waals surface area contributed by atoms with Crippen molar-refractivity contribution in [1.29, 1.82) is 0 Å². The van der Waals surface area contributed by atoms with Crippen molar-refractivity contribution in [2.75, 3.05) is 25.1 Å². The van der Waals surface area contributed by atoms with E-state index in [1.807, 2.05) is 0 Å². The summed E-state index contributed by atoms with van der Waals surface area (Å²) in [6.07, 6.45) is 2.29. The summed E-state index contributed by atoms with van der Waals surface area (Å²) < 4.78 is 4.53. The van der Waals surface area contributed by atoms with Crippen LogP contribution in [-0.2, 0) is 14.3 Å². The molecular weight excluding hydrogens is 284 g/mol. The lowest BCUT2D eigenvalue weighted by Gasteiger charge is -2.15. The molecule has 118 valence electrons. The number of ether oxygens (including phenoxy) is 1. The van der Waals surface area contributed by atoms with Gasteiger partial charge in [-0.05, 0) is 37.1 Å². The molecule has 22 heavy (non-hydrogen) atoms. The normalized spacial score (nSPS) is 14.0. The van der Waals surface area contributed by atoms with Gasteiger partial charge in [0, 0.05) is 37.2 Å². The molecule has 1 fully saturated rings. The van der Waals surface area contributed by atoms with Gasteiger partial charge in [0.2, 0.25) is 5.91 Å². The molecule has 6 heteroatoms. The van der Waals surface area contributed by atoms with Crippen molar-refractivity contribution in [3.05, 3.63) is 29.8 Å². The van der Waals surface area contributed by atoms with Crippen LogP contribution >= 0.6 is 0 Å². The summed E-state index contributed by atoms with van der Waals surface area (Å²) in [5.41, 5.74) is 1.36. The molecule has 0 atom stereocenters. The number of nitrogens with zero attached hydrogens (tertiary/aromatic N) is 1. The van der Waals surface area contributed by atoms with Crippen molar-refractivity contribution >= 4 is 23.5 Å². The standard InChI is InChI=1S/C16H20N2O4/c1-22-15(20)5-2-10-17-16(21)12-6-8-13(9-7-12)18-11-3-4-14(18)19/h6-9H,2-5,10-11H2,1H3,(H,17,21). The van der Waals surface area contributed by atoms with Gasteiger partial charge < -0.3 is 15.0 Å². The van der Waals surface area contributed by atoms with Crippen molar-refractivity contribution in [3.63, 3.8) is 0 Å². The molecule has 2 rings (SSSR count). The van der Waals surface area contributed by atoms with E-state index in [4.69, 9.17) is 0 Å². The molecule has 1 heterocycles. The van der Waals surface area contributed by atoms with Crippen LogP contribution in [0.15, 0.2) is 24.3 Å². The van der Waals surface area contributed by atoms with Gasteiger partial charge in [-0.2, -0.15) is 0 Å². The van der Waals surface area contributed by atoms with E-state index in [1.165, 1.54) is 7.11 Å². The molecule has 1 aromatic carbocycles. The molecule has 0 spiro atoms. The molecule has 1 N–H and O–H groups in total. The van der Waals surface area contributed by atoms with E-state index >= 15 is 0 Å². The molecule has 0 aromatic heterocycles. The Bertz CT molecular complexity index is 554. The first-order valence-electron chi connectivity index (χ1n) is 7.37. The Morgan fingerprint density at radius 3 is 2.59 bits per heavy atom. The number of hydrogen-bond acceptors (Lipinski definition) is 4. The summed E-state index contributed by atoms with van der Waals surface area (Å²) in [6.45, 7) is 1.15. The summed E-state index contributed by atoms with van der Waals surface area (Å²) in [5.74, 6) is -0.349. The first kappa shape index (κ1) is 16.0. The molecule has 1 saturated heterocycles. The Kier molecular flexibility index (Phi) is 5.52. The molecule has 0 saturated carbocycles. The third-order valence-electron chi connectivity index (χ3n) is 3.59. The Balaban J connectivity index is 1.83. The Morgan fingerprint density at radius 2 is 2.00 bits per heavy atom. The fraction of sp³-hybridized carbons (Fsp3) is 0.438. The fourth-order valence-electron chi connectivity index (χ4n) is 2.35. The summed E-state index contributed by atoms with van der Waals surface area (Å²) >= 11 is 0. The smallest absolute Gasteiger partial charge is 0.305 e. The third kappa shape index (κ3) is 4.07. The molecule has 0 aliphatic carbocycles. The van der Waals surface area contributed by atoms with Crippen LogP contribution < -0.4 is 10.2 Å². The van der Waals surface area contributed by atoms with Crippen molar-refractivity contribution in [3.8, 4) is 0 Å². The molecule has 6 nitrogen and oxygen atoms in total. The van der Waals surface area contributed by atoms with Crippen LogP contribution in [0, 0.1) is 0 Å². The molecule has 2 amide bonds. The van der Waals surface area contributed by atoms with Crippen LogP contribution in [0.4, 0.5) is 5.69 Å². The maximum absolute atomic E-state index is 11.9. The van der Waals surface area contributed by atoms with E-state index in [0.717, 1.165) is 18.7 Å². The van der Waals surface area contributed by atoms with Gasteiger partial charge in [-0.15, -0.1) is 0 Å². The number of nitrogens with one attached hydrogen (secondary N) is 1. The molecule has 1 aliphatic heterocycles. The summed E-state index contributed by atoms with van der Waals surface area (Å²) in [4.78, 5) is 36.3. The highest BCUT2D eigenvalue weighted by atomic mass is 16.5. The maximum Gasteiger partial charge on any atom is 0.305 e. The second kappa shape index (κ2) is 7.59. The first-order chi connectivity index (χ1) is 10.6. The van der Waals surface area contributed by atoms with Gasteiger partial charge >= 0.3 is 5.97 Å². The molecule has 0 bridgehead atoms. The largest absolute Gasteiger partial charge is 0.469 e. The lowest BCUT2D eigenvalue weighted by atomic mass is 10.2. The monoisotopic (exact) mass is 304 g/mol. The average Bonchev–Trinajstić information content (AvgIpc) is 2.97. The van der Waals surface area contributed by atoms with E-state index in [0.29, 0.717) is 24.9 Å². The maximum atomic E-state index is 11.9. The van der Waals surface area contributed by atoms with Crippen molar-refractivity contribution in [1.82, 2.24) is 5.32 Å². The van der Waals surface area contributed by atoms with Crippen LogP contribution in [0.2, 0.25) is 0 Å². The van der Waals surface area contributed by atoms with Gasteiger partial charge in [0.25, 0.3) is 5.91 Å². The van der Waals surface area contributed by atoms with Gasteiger partial charge in [0.05, 0.1) is 7.11 Å². The predicted octanol–water partition coefficient (Wildman–Crippen LogP) is 1.50. The second-order valence-electron chi connectivity index (χ2n) is 5.13. The Morgan fingerprint density at radius 1 is 1.27 bits per heavy atom. The molecular formula is C16H20N2O4. The molecule has 0 unspecified atom stereocenters. The summed E-state index contributed by atoms with van der Waals surface area (Å²) in [6, 6.07) is 6.98.